The highest BCUT2D eigenvalue weighted by atomic mass is 32.2. The van der Waals surface area contributed by atoms with Crippen LogP contribution in [0.4, 0.5) is 0 Å². The summed E-state index contributed by atoms with van der Waals surface area (Å²) >= 11 is 0. The van der Waals surface area contributed by atoms with Gasteiger partial charge in [0.15, 0.2) is 0 Å². The molecule has 0 atom stereocenters. The van der Waals surface area contributed by atoms with E-state index in [9.17, 15) is 13.2 Å². The number of nitrogens with zero attached hydrogens (tertiary/aromatic N) is 3. The zero-order valence-corrected chi connectivity index (χ0v) is 19.2. The van der Waals surface area contributed by atoms with Crippen molar-refractivity contribution in [3.8, 4) is 0 Å². The third-order valence-electron chi connectivity index (χ3n) is 6.17. The van der Waals surface area contributed by atoms with Crippen LogP contribution in [0.25, 0.3) is 6.08 Å². The lowest BCUT2D eigenvalue weighted by Gasteiger charge is -2.34. The van der Waals surface area contributed by atoms with Crippen molar-refractivity contribution in [2.45, 2.75) is 24.2 Å². The van der Waals surface area contributed by atoms with Crippen LogP contribution in [-0.2, 0) is 10.0 Å². The number of carbonyl (C=O) groups excluding carboxylic acids is 1. The van der Waals surface area contributed by atoms with Gasteiger partial charge in [-0.25, -0.2) is 8.42 Å². The van der Waals surface area contributed by atoms with E-state index in [1.165, 1.54) is 5.56 Å². The SMILES string of the molecule is O=C(c1cccc(S(=O)(=O)N2CCCCC2)c1)N1CCN(C/C=C/c2ccccc2)CC1. The van der Waals surface area contributed by atoms with Gasteiger partial charge in [0.1, 0.15) is 0 Å². The largest absolute Gasteiger partial charge is 0.336 e. The van der Waals surface area contributed by atoms with Crippen molar-refractivity contribution in [1.82, 2.24) is 14.1 Å². The Hall–Kier alpha value is -2.48. The topological polar surface area (TPSA) is 60.9 Å². The lowest BCUT2D eigenvalue weighted by Crippen LogP contribution is -2.48. The van der Waals surface area contributed by atoms with E-state index >= 15 is 0 Å². The standard InChI is InChI=1S/C25H31N3O3S/c29-25(23-12-7-13-24(21-23)32(30,31)28-15-5-2-6-16-28)27-19-17-26(18-20-27)14-8-11-22-9-3-1-4-10-22/h1,3-4,7-13,21H,2,5-6,14-20H2/b11-8+. The summed E-state index contributed by atoms with van der Waals surface area (Å²) in [7, 11) is -3.54. The van der Waals surface area contributed by atoms with Crippen molar-refractivity contribution >= 4 is 22.0 Å². The fourth-order valence-corrected chi connectivity index (χ4v) is 5.83. The molecular formula is C25H31N3O3S. The quantitative estimate of drug-likeness (QED) is 0.673. The Morgan fingerprint density at radius 2 is 1.56 bits per heavy atom. The Morgan fingerprint density at radius 3 is 2.28 bits per heavy atom. The van der Waals surface area contributed by atoms with Gasteiger partial charge in [-0.1, -0.05) is 55.0 Å². The van der Waals surface area contributed by atoms with Crippen LogP contribution in [-0.4, -0.2) is 74.2 Å². The second-order valence-electron chi connectivity index (χ2n) is 8.40. The average molecular weight is 454 g/mol. The molecule has 0 aromatic heterocycles. The Bertz CT molecular complexity index is 1040. The maximum atomic E-state index is 13.0. The second-order valence-corrected chi connectivity index (χ2v) is 10.3. The summed E-state index contributed by atoms with van der Waals surface area (Å²) in [5, 5.41) is 0. The van der Waals surface area contributed by atoms with E-state index in [0.29, 0.717) is 31.7 Å². The average Bonchev–Trinajstić information content (AvgIpc) is 2.85. The van der Waals surface area contributed by atoms with Crippen molar-refractivity contribution < 1.29 is 13.2 Å². The van der Waals surface area contributed by atoms with Crippen LogP contribution < -0.4 is 0 Å². The Labute approximate surface area is 191 Å². The van der Waals surface area contributed by atoms with Crippen LogP contribution in [0, 0.1) is 0 Å². The van der Waals surface area contributed by atoms with Crippen LogP contribution in [0.2, 0.25) is 0 Å². The zero-order valence-electron chi connectivity index (χ0n) is 18.4. The Balaban J connectivity index is 1.34. The normalized spacial score (nSPS) is 18.8. The first-order chi connectivity index (χ1) is 15.5. The van der Waals surface area contributed by atoms with Crippen LogP contribution >= 0.6 is 0 Å². The van der Waals surface area contributed by atoms with Crippen molar-refractivity contribution in [3.05, 3.63) is 71.8 Å². The molecule has 0 spiro atoms. The third-order valence-corrected chi connectivity index (χ3v) is 8.06. The monoisotopic (exact) mass is 453 g/mol. The molecule has 0 saturated carbocycles. The summed E-state index contributed by atoms with van der Waals surface area (Å²) in [6.07, 6.45) is 7.12. The van der Waals surface area contributed by atoms with E-state index in [-0.39, 0.29) is 10.8 Å². The number of piperazine rings is 1. The number of piperidine rings is 1. The van der Waals surface area contributed by atoms with Crippen molar-refractivity contribution in [2.24, 2.45) is 0 Å². The van der Waals surface area contributed by atoms with Gasteiger partial charge < -0.3 is 4.90 Å². The molecule has 2 aliphatic heterocycles. The maximum Gasteiger partial charge on any atom is 0.253 e. The molecule has 0 aliphatic carbocycles. The molecule has 2 heterocycles. The van der Waals surface area contributed by atoms with E-state index in [0.717, 1.165) is 38.9 Å². The van der Waals surface area contributed by atoms with E-state index in [4.69, 9.17) is 0 Å². The van der Waals surface area contributed by atoms with Crippen molar-refractivity contribution in [3.63, 3.8) is 0 Å². The molecular weight excluding hydrogens is 422 g/mol. The molecule has 0 unspecified atom stereocenters. The van der Waals surface area contributed by atoms with Gasteiger partial charge >= 0.3 is 0 Å². The number of hydrogen-bond donors (Lipinski definition) is 0. The molecule has 2 saturated heterocycles. The van der Waals surface area contributed by atoms with Gasteiger partial charge in [-0.3, -0.25) is 9.69 Å². The van der Waals surface area contributed by atoms with Gasteiger partial charge in [0.05, 0.1) is 4.90 Å². The minimum atomic E-state index is -3.54. The van der Waals surface area contributed by atoms with Gasteiger partial charge in [-0.15, -0.1) is 0 Å². The fourth-order valence-electron chi connectivity index (χ4n) is 4.26. The van der Waals surface area contributed by atoms with E-state index in [2.05, 4.69) is 29.2 Å². The highest BCUT2D eigenvalue weighted by molar-refractivity contribution is 7.89. The van der Waals surface area contributed by atoms with Gasteiger partial charge in [-0.05, 0) is 36.6 Å². The van der Waals surface area contributed by atoms with Gasteiger partial charge in [-0.2, -0.15) is 4.31 Å². The Morgan fingerprint density at radius 1 is 0.844 bits per heavy atom. The molecule has 32 heavy (non-hydrogen) atoms. The van der Waals surface area contributed by atoms with Gasteiger partial charge in [0.25, 0.3) is 5.91 Å². The van der Waals surface area contributed by atoms with Crippen LogP contribution in [0.3, 0.4) is 0 Å². The van der Waals surface area contributed by atoms with E-state index in [1.807, 2.05) is 23.1 Å². The van der Waals surface area contributed by atoms with E-state index < -0.39 is 10.0 Å². The smallest absolute Gasteiger partial charge is 0.253 e. The molecule has 2 fully saturated rings. The molecule has 7 heteroatoms. The second kappa shape index (κ2) is 10.4. The summed E-state index contributed by atoms with van der Waals surface area (Å²) in [5.74, 6) is -0.0971. The predicted molar refractivity (Wildman–Crippen MR) is 127 cm³/mol. The summed E-state index contributed by atoms with van der Waals surface area (Å²) < 4.78 is 27.5. The van der Waals surface area contributed by atoms with Crippen molar-refractivity contribution in [1.29, 1.82) is 0 Å². The minimum Gasteiger partial charge on any atom is -0.336 e. The molecule has 2 aromatic carbocycles. The van der Waals surface area contributed by atoms with Crippen LogP contribution in [0.15, 0.2) is 65.6 Å². The zero-order chi connectivity index (χ0) is 22.4. The number of amides is 1. The lowest BCUT2D eigenvalue weighted by molar-refractivity contribution is 0.0650. The number of rotatable bonds is 6. The number of carbonyl (C=O) groups is 1. The summed E-state index contributed by atoms with van der Waals surface area (Å²) in [6, 6.07) is 16.7. The van der Waals surface area contributed by atoms with Crippen molar-refractivity contribution in [2.75, 3.05) is 45.8 Å². The minimum absolute atomic E-state index is 0.0971. The molecule has 170 valence electrons. The predicted octanol–water partition coefficient (Wildman–Crippen LogP) is 3.33. The molecule has 0 N–H and O–H groups in total. The third kappa shape index (κ3) is 5.46. The fraction of sp³-hybridized carbons (Fsp3) is 0.400. The first kappa shape index (κ1) is 22.7. The van der Waals surface area contributed by atoms with Crippen LogP contribution in [0.5, 0.6) is 0 Å². The number of benzene rings is 2. The van der Waals surface area contributed by atoms with Gasteiger partial charge in [0.2, 0.25) is 10.0 Å². The first-order valence-electron chi connectivity index (χ1n) is 11.4. The summed E-state index contributed by atoms with van der Waals surface area (Å²) in [4.78, 5) is 17.4. The molecule has 4 rings (SSSR count). The highest BCUT2D eigenvalue weighted by Gasteiger charge is 2.27. The molecule has 2 aliphatic rings. The van der Waals surface area contributed by atoms with Gasteiger partial charge in [0, 0.05) is 51.4 Å². The summed E-state index contributed by atoms with van der Waals surface area (Å²) in [5.41, 5.74) is 1.63. The first-order valence-corrected chi connectivity index (χ1v) is 12.8. The number of hydrogen-bond acceptors (Lipinski definition) is 4. The molecule has 1 amide bonds. The highest BCUT2D eigenvalue weighted by Crippen LogP contribution is 2.22. The number of sulfonamides is 1. The Kier molecular flexibility index (Phi) is 7.40. The maximum absolute atomic E-state index is 13.0. The van der Waals surface area contributed by atoms with Crippen LogP contribution in [0.1, 0.15) is 35.2 Å². The molecule has 2 aromatic rings. The van der Waals surface area contributed by atoms with E-state index in [1.54, 1.807) is 28.6 Å². The molecule has 0 radical (unpaired) electrons. The lowest BCUT2D eigenvalue weighted by atomic mass is 10.1. The summed E-state index contributed by atoms with van der Waals surface area (Å²) in [6.45, 7) is 4.85. The molecule has 6 nitrogen and oxygen atoms in total. The molecule has 0 bridgehead atoms.